The molecule has 1 amide bonds. The Hall–Kier alpha value is -2.76. The topological polar surface area (TPSA) is 85.1 Å². The van der Waals surface area contributed by atoms with Gasteiger partial charge in [-0.1, -0.05) is 17.7 Å². The number of anilines is 1. The molecule has 0 saturated carbocycles. The molecule has 6 heteroatoms. The van der Waals surface area contributed by atoms with E-state index >= 15 is 0 Å². The van der Waals surface area contributed by atoms with Gasteiger partial charge in [-0.05, 0) is 32.0 Å². The molecule has 2 aromatic rings. The molecule has 0 aliphatic rings. The Kier molecular flexibility index (Phi) is 3.74. The number of hydrogen-bond donors (Lipinski definition) is 1. The number of nitro groups is 1. The second-order valence-electron chi connectivity index (χ2n) is 4.43. The van der Waals surface area contributed by atoms with E-state index in [2.05, 4.69) is 10.3 Å². The first-order valence-electron chi connectivity index (χ1n) is 5.96. The zero-order valence-corrected chi connectivity index (χ0v) is 11.1. The third-order valence-electron chi connectivity index (χ3n) is 2.84. The molecule has 102 valence electrons. The second-order valence-corrected chi connectivity index (χ2v) is 4.43. The van der Waals surface area contributed by atoms with Crippen molar-refractivity contribution in [3.8, 4) is 0 Å². The molecule has 0 saturated heterocycles. The van der Waals surface area contributed by atoms with Gasteiger partial charge >= 0.3 is 0 Å². The molecule has 6 nitrogen and oxygen atoms in total. The van der Waals surface area contributed by atoms with Crippen LogP contribution in [-0.4, -0.2) is 15.8 Å². The molecule has 1 heterocycles. The smallest absolute Gasteiger partial charge is 0.290 e. The zero-order chi connectivity index (χ0) is 14.7. The van der Waals surface area contributed by atoms with Gasteiger partial charge < -0.3 is 5.32 Å². The number of aryl methyl sites for hydroxylation is 2. The highest BCUT2D eigenvalue weighted by molar-refractivity contribution is 6.03. The lowest BCUT2D eigenvalue weighted by atomic mass is 10.1. The van der Waals surface area contributed by atoms with Crippen molar-refractivity contribution in [1.82, 2.24) is 4.98 Å². The molecule has 0 aliphatic carbocycles. The minimum atomic E-state index is -0.506. The molecule has 1 aromatic heterocycles. The number of hydrogen-bond acceptors (Lipinski definition) is 4. The van der Waals surface area contributed by atoms with E-state index in [9.17, 15) is 14.9 Å². The normalized spacial score (nSPS) is 10.1. The lowest BCUT2D eigenvalue weighted by Crippen LogP contribution is -2.13. The third-order valence-corrected chi connectivity index (χ3v) is 2.84. The van der Waals surface area contributed by atoms with Crippen LogP contribution in [0, 0.1) is 24.0 Å². The molecular weight excluding hydrogens is 258 g/mol. The average Bonchev–Trinajstić information content (AvgIpc) is 2.39. The summed E-state index contributed by atoms with van der Waals surface area (Å²) in [5.41, 5.74) is 1.95. The first kappa shape index (κ1) is 13.7. The summed E-state index contributed by atoms with van der Waals surface area (Å²) >= 11 is 0. The van der Waals surface area contributed by atoms with Gasteiger partial charge in [0.1, 0.15) is 12.0 Å². The van der Waals surface area contributed by atoms with Crippen molar-refractivity contribution in [3.05, 3.63) is 63.3 Å². The lowest BCUT2D eigenvalue weighted by Gasteiger charge is -2.05. The third kappa shape index (κ3) is 2.97. The first-order chi connectivity index (χ1) is 9.47. The molecule has 0 aliphatic heterocycles. The fourth-order valence-electron chi connectivity index (χ4n) is 1.70. The number of benzene rings is 1. The maximum Gasteiger partial charge on any atom is 0.290 e. The average molecular weight is 271 g/mol. The standard InChI is InChI=1S/C14H13N3O3/c1-9-3-5-11(6-4-9)14(18)16-13-7-10(2)12(8-15-13)17(19)20/h3-8H,1-2H3,(H,15,16,18). The monoisotopic (exact) mass is 271 g/mol. The van der Waals surface area contributed by atoms with Crippen molar-refractivity contribution in [2.75, 3.05) is 5.32 Å². The van der Waals surface area contributed by atoms with Crippen LogP contribution < -0.4 is 5.32 Å². The molecule has 0 bridgehead atoms. The Morgan fingerprint density at radius 3 is 2.45 bits per heavy atom. The number of nitrogens with zero attached hydrogens (tertiary/aromatic N) is 2. The van der Waals surface area contributed by atoms with Gasteiger partial charge in [-0.3, -0.25) is 14.9 Å². The summed E-state index contributed by atoms with van der Waals surface area (Å²) in [4.78, 5) is 26.0. The maximum atomic E-state index is 12.0. The summed E-state index contributed by atoms with van der Waals surface area (Å²) in [7, 11) is 0. The first-order valence-corrected chi connectivity index (χ1v) is 5.96. The van der Waals surface area contributed by atoms with Crippen LogP contribution >= 0.6 is 0 Å². The molecule has 0 atom stereocenters. The predicted octanol–water partition coefficient (Wildman–Crippen LogP) is 2.86. The van der Waals surface area contributed by atoms with Crippen LogP contribution in [0.3, 0.4) is 0 Å². The van der Waals surface area contributed by atoms with Crippen LogP contribution in [0.4, 0.5) is 11.5 Å². The molecule has 0 fully saturated rings. The second kappa shape index (κ2) is 5.48. The number of rotatable bonds is 3. The van der Waals surface area contributed by atoms with Crippen molar-refractivity contribution in [3.63, 3.8) is 0 Å². The van der Waals surface area contributed by atoms with E-state index in [0.29, 0.717) is 16.9 Å². The molecule has 0 spiro atoms. The Bertz CT molecular complexity index is 666. The van der Waals surface area contributed by atoms with Gasteiger partial charge in [-0.2, -0.15) is 0 Å². The number of pyridine rings is 1. The summed E-state index contributed by atoms with van der Waals surface area (Å²) in [5.74, 6) is -0.00979. The van der Waals surface area contributed by atoms with Crippen LogP contribution in [0.2, 0.25) is 0 Å². The Labute approximate surface area is 115 Å². The lowest BCUT2D eigenvalue weighted by molar-refractivity contribution is -0.385. The highest BCUT2D eigenvalue weighted by Gasteiger charge is 2.13. The van der Waals surface area contributed by atoms with E-state index in [0.717, 1.165) is 11.8 Å². The summed E-state index contributed by atoms with van der Waals surface area (Å²) in [5, 5.41) is 13.3. The number of nitrogens with one attached hydrogen (secondary N) is 1. The van der Waals surface area contributed by atoms with Gasteiger partial charge in [0.25, 0.3) is 11.6 Å². The fourth-order valence-corrected chi connectivity index (χ4v) is 1.70. The van der Waals surface area contributed by atoms with Crippen molar-refractivity contribution in [2.24, 2.45) is 0 Å². The summed E-state index contributed by atoms with van der Waals surface area (Å²) < 4.78 is 0. The van der Waals surface area contributed by atoms with E-state index < -0.39 is 4.92 Å². The van der Waals surface area contributed by atoms with E-state index in [-0.39, 0.29) is 11.6 Å². The van der Waals surface area contributed by atoms with Gasteiger partial charge in [-0.25, -0.2) is 4.98 Å². The number of carbonyl (C=O) groups excluding carboxylic acids is 1. The van der Waals surface area contributed by atoms with Crippen molar-refractivity contribution in [1.29, 1.82) is 0 Å². The highest BCUT2D eigenvalue weighted by Crippen LogP contribution is 2.19. The molecule has 0 unspecified atom stereocenters. The van der Waals surface area contributed by atoms with Crippen molar-refractivity contribution in [2.45, 2.75) is 13.8 Å². The molecule has 2 rings (SSSR count). The molecule has 1 N–H and O–H groups in total. The van der Waals surface area contributed by atoms with Gasteiger partial charge in [0.15, 0.2) is 0 Å². The SMILES string of the molecule is Cc1ccc(C(=O)Nc2cc(C)c([N+](=O)[O-])cn2)cc1. The van der Waals surface area contributed by atoms with Crippen LogP contribution in [0.5, 0.6) is 0 Å². The van der Waals surface area contributed by atoms with E-state index in [1.54, 1.807) is 19.1 Å². The summed E-state index contributed by atoms with van der Waals surface area (Å²) in [6, 6.07) is 8.57. The number of aromatic nitrogens is 1. The fraction of sp³-hybridized carbons (Fsp3) is 0.143. The van der Waals surface area contributed by atoms with Crippen molar-refractivity contribution >= 4 is 17.4 Å². The number of carbonyl (C=O) groups is 1. The van der Waals surface area contributed by atoms with E-state index in [1.165, 1.54) is 6.07 Å². The molecule has 20 heavy (non-hydrogen) atoms. The van der Waals surface area contributed by atoms with Gasteiger partial charge in [0.05, 0.1) is 4.92 Å². The van der Waals surface area contributed by atoms with Crippen LogP contribution in [-0.2, 0) is 0 Å². The van der Waals surface area contributed by atoms with Gasteiger partial charge in [0, 0.05) is 11.1 Å². The van der Waals surface area contributed by atoms with Crippen LogP contribution in [0.15, 0.2) is 36.5 Å². The largest absolute Gasteiger partial charge is 0.307 e. The minimum absolute atomic E-state index is 0.0710. The Morgan fingerprint density at radius 2 is 1.90 bits per heavy atom. The predicted molar refractivity (Wildman–Crippen MR) is 74.8 cm³/mol. The Balaban J connectivity index is 2.18. The highest BCUT2D eigenvalue weighted by atomic mass is 16.6. The minimum Gasteiger partial charge on any atom is -0.307 e. The van der Waals surface area contributed by atoms with Gasteiger partial charge in [0.2, 0.25) is 0 Å². The zero-order valence-electron chi connectivity index (χ0n) is 11.1. The van der Waals surface area contributed by atoms with Crippen LogP contribution in [0.1, 0.15) is 21.5 Å². The van der Waals surface area contributed by atoms with Crippen molar-refractivity contribution < 1.29 is 9.72 Å². The summed E-state index contributed by atoms with van der Waals surface area (Å²) in [6.45, 7) is 3.53. The number of amides is 1. The maximum absolute atomic E-state index is 12.0. The quantitative estimate of drug-likeness (QED) is 0.687. The van der Waals surface area contributed by atoms with Crippen LogP contribution in [0.25, 0.3) is 0 Å². The van der Waals surface area contributed by atoms with Gasteiger partial charge in [-0.15, -0.1) is 0 Å². The molecular formula is C14H13N3O3. The molecule has 0 radical (unpaired) electrons. The summed E-state index contributed by atoms with van der Waals surface area (Å²) in [6.07, 6.45) is 1.14. The molecule has 1 aromatic carbocycles. The van der Waals surface area contributed by atoms with E-state index in [1.807, 2.05) is 19.1 Å². The van der Waals surface area contributed by atoms with E-state index in [4.69, 9.17) is 0 Å². The Morgan fingerprint density at radius 1 is 1.25 bits per heavy atom.